The maximum Gasteiger partial charge on any atom is 0.307 e. The number of ether oxygens (including phenoxy) is 1. The molecule has 7 nitrogen and oxygen atoms in total. The van der Waals surface area contributed by atoms with Gasteiger partial charge < -0.3 is 14.9 Å². The summed E-state index contributed by atoms with van der Waals surface area (Å²) in [6.07, 6.45) is 2.05. The Morgan fingerprint density at radius 3 is 2.57 bits per heavy atom. The number of amides is 2. The zero-order chi connectivity index (χ0) is 16.7. The zero-order valence-electron chi connectivity index (χ0n) is 12.6. The molecular weight excluding hydrogens is 298 g/mol. The normalized spacial score (nSPS) is 11.1. The van der Waals surface area contributed by atoms with Gasteiger partial charge in [-0.25, -0.2) is 5.43 Å². The zero-order valence-corrected chi connectivity index (χ0v) is 12.6. The molecule has 1 aromatic carbocycles. The van der Waals surface area contributed by atoms with Crippen LogP contribution in [-0.2, 0) is 4.79 Å². The average molecular weight is 315 g/mol. The molecule has 1 heterocycles. The van der Waals surface area contributed by atoms with E-state index in [-0.39, 0.29) is 12.4 Å². The number of rotatable bonds is 7. The van der Waals surface area contributed by atoms with Crippen LogP contribution in [0.4, 0.5) is 0 Å². The van der Waals surface area contributed by atoms with Crippen molar-refractivity contribution >= 4 is 17.5 Å². The molecule has 7 heteroatoms. The molecule has 0 saturated carbocycles. The van der Waals surface area contributed by atoms with Crippen molar-refractivity contribution in [1.29, 1.82) is 0 Å². The predicted octanol–water partition coefficient (Wildman–Crippen LogP) is 1.69. The monoisotopic (exact) mass is 315 g/mol. The molecule has 2 rings (SSSR count). The standard InChI is InChI=1S/C16H17N3O4/c1-2-13(18-19-16(21)14-4-3-9-22-14)11-5-7-12(8-6-11)23-10-15(17)20/h3-9H,2,10H2,1H3,(H2,17,20)(H,19,21). The number of hydrogen-bond donors (Lipinski definition) is 2. The second-order valence-corrected chi connectivity index (χ2v) is 4.61. The highest BCUT2D eigenvalue weighted by atomic mass is 16.5. The molecule has 2 aromatic rings. The number of benzene rings is 1. The van der Waals surface area contributed by atoms with Gasteiger partial charge in [0.05, 0.1) is 12.0 Å². The van der Waals surface area contributed by atoms with Crippen molar-refractivity contribution in [3.05, 3.63) is 54.0 Å². The molecule has 1 aromatic heterocycles. The molecule has 3 N–H and O–H groups in total. The van der Waals surface area contributed by atoms with Crippen LogP contribution in [0.1, 0.15) is 29.5 Å². The van der Waals surface area contributed by atoms with E-state index in [4.69, 9.17) is 14.9 Å². The SMILES string of the molecule is CCC(=NNC(=O)c1ccco1)c1ccc(OCC(N)=O)cc1. The Balaban J connectivity index is 2.03. The van der Waals surface area contributed by atoms with E-state index in [1.165, 1.54) is 6.26 Å². The number of nitrogens with two attached hydrogens (primary N) is 1. The minimum atomic E-state index is -0.537. The van der Waals surface area contributed by atoms with Crippen LogP contribution in [-0.4, -0.2) is 24.1 Å². The van der Waals surface area contributed by atoms with Gasteiger partial charge >= 0.3 is 5.91 Å². The third-order valence-corrected chi connectivity index (χ3v) is 2.94. The van der Waals surface area contributed by atoms with Gasteiger partial charge in [0.1, 0.15) is 5.75 Å². The number of carbonyl (C=O) groups excluding carboxylic acids is 2. The topological polar surface area (TPSA) is 107 Å². The molecule has 0 radical (unpaired) electrons. The number of primary amides is 1. The number of carbonyl (C=O) groups is 2. The highest BCUT2D eigenvalue weighted by molar-refractivity contribution is 6.01. The fourth-order valence-corrected chi connectivity index (χ4v) is 1.83. The molecule has 0 aliphatic rings. The van der Waals surface area contributed by atoms with E-state index in [2.05, 4.69) is 10.5 Å². The molecule has 0 bridgehead atoms. The molecule has 120 valence electrons. The summed E-state index contributed by atoms with van der Waals surface area (Å²) < 4.78 is 10.2. The smallest absolute Gasteiger partial charge is 0.307 e. The van der Waals surface area contributed by atoms with Crippen LogP contribution < -0.4 is 15.9 Å². The highest BCUT2D eigenvalue weighted by Crippen LogP contribution is 2.14. The van der Waals surface area contributed by atoms with Gasteiger partial charge in [0.25, 0.3) is 5.91 Å². The van der Waals surface area contributed by atoms with Gasteiger partial charge in [0.15, 0.2) is 12.4 Å². The molecule has 0 atom stereocenters. The first kappa shape index (κ1) is 16.3. The molecule has 0 aliphatic carbocycles. The minimum Gasteiger partial charge on any atom is -0.484 e. The van der Waals surface area contributed by atoms with Crippen molar-refractivity contribution in [3.8, 4) is 5.75 Å². The Morgan fingerprint density at radius 1 is 1.26 bits per heavy atom. The number of furan rings is 1. The maximum atomic E-state index is 11.8. The number of hydrogen-bond acceptors (Lipinski definition) is 5. The summed E-state index contributed by atoms with van der Waals surface area (Å²) in [6.45, 7) is 1.75. The van der Waals surface area contributed by atoms with E-state index in [0.717, 1.165) is 5.56 Å². The molecular formula is C16H17N3O4. The molecule has 0 fully saturated rings. The van der Waals surface area contributed by atoms with Crippen LogP contribution in [0.25, 0.3) is 0 Å². The molecule has 0 saturated heterocycles. The van der Waals surface area contributed by atoms with Gasteiger partial charge in [0.2, 0.25) is 0 Å². The van der Waals surface area contributed by atoms with Crippen molar-refractivity contribution in [2.45, 2.75) is 13.3 Å². The molecule has 23 heavy (non-hydrogen) atoms. The second-order valence-electron chi connectivity index (χ2n) is 4.61. The molecule has 0 unspecified atom stereocenters. The Labute approximate surface area is 133 Å². The van der Waals surface area contributed by atoms with Crippen LogP contribution in [0.3, 0.4) is 0 Å². The van der Waals surface area contributed by atoms with E-state index in [9.17, 15) is 9.59 Å². The fraction of sp³-hybridized carbons (Fsp3) is 0.188. The van der Waals surface area contributed by atoms with Gasteiger partial charge in [-0.1, -0.05) is 6.92 Å². The highest BCUT2D eigenvalue weighted by Gasteiger charge is 2.08. The Morgan fingerprint density at radius 2 is 2.00 bits per heavy atom. The van der Waals surface area contributed by atoms with Crippen molar-refractivity contribution in [2.75, 3.05) is 6.61 Å². The maximum absolute atomic E-state index is 11.8. The number of nitrogens with zero attached hydrogens (tertiary/aromatic N) is 1. The van der Waals surface area contributed by atoms with Crippen molar-refractivity contribution < 1.29 is 18.7 Å². The molecule has 2 amide bonds. The average Bonchev–Trinajstić information content (AvgIpc) is 3.09. The first-order valence-corrected chi connectivity index (χ1v) is 7.02. The lowest BCUT2D eigenvalue weighted by Gasteiger charge is -2.07. The van der Waals surface area contributed by atoms with Crippen LogP contribution in [0.5, 0.6) is 5.75 Å². The van der Waals surface area contributed by atoms with Gasteiger partial charge in [0, 0.05) is 0 Å². The van der Waals surface area contributed by atoms with E-state index in [1.54, 1.807) is 36.4 Å². The summed E-state index contributed by atoms with van der Waals surface area (Å²) in [5, 5.41) is 4.11. The summed E-state index contributed by atoms with van der Waals surface area (Å²) in [5.41, 5.74) is 9.00. The third kappa shape index (κ3) is 4.70. The van der Waals surface area contributed by atoms with Gasteiger partial charge in [-0.05, 0) is 48.4 Å². The second kappa shape index (κ2) is 7.79. The van der Waals surface area contributed by atoms with E-state index in [1.807, 2.05) is 6.92 Å². The van der Waals surface area contributed by atoms with Crippen molar-refractivity contribution in [3.63, 3.8) is 0 Å². The van der Waals surface area contributed by atoms with Crippen LogP contribution in [0, 0.1) is 0 Å². The Kier molecular flexibility index (Phi) is 5.51. The van der Waals surface area contributed by atoms with Gasteiger partial charge in [-0.2, -0.15) is 5.10 Å². The van der Waals surface area contributed by atoms with E-state index >= 15 is 0 Å². The van der Waals surface area contributed by atoms with E-state index in [0.29, 0.717) is 17.9 Å². The quantitative estimate of drug-likeness (QED) is 0.599. The van der Waals surface area contributed by atoms with E-state index < -0.39 is 11.8 Å². The summed E-state index contributed by atoms with van der Waals surface area (Å²) in [6, 6.07) is 10.2. The molecule has 0 aliphatic heterocycles. The first-order chi connectivity index (χ1) is 11.1. The summed E-state index contributed by atoms with van der Waals surface area (Å²) in [5.74, 6) is -0.227. The first-order valence-electron chi connectivity index (χ1n) is 7.02. The van der Waals surface area contributed by atoms with Gasteiger partial charge in [-0.15, -0.1) is 0 Å². The Bertz CT molecular complexity index is 691. The summed E-state index contributed by atoms with van der Waals surface area (Å²) >= 11 is 0. The van der Waals surface area contributed by atoms with Crippen LogP contribution in [0.2, 0.25) is 0 Å². The van der Waals surface area contributed by atoms with Crippen LogP contribution in [0.15, 0.2) is 52.2 Å². The van der Waals surface area contributed by atoms with Crippen molar-refractivity contribution in [1.82, 2.24) is 5.43 Å². The lowest BCUT2D eigenvalue weighted by Crippen LogP contribution is -2.20. The largest absolute Gasteiger partial charge is 0.484 e. The number of nitrogens with one attached hydrogen (secondary N) is 1. The van der Waals surface area contributed by atoms with Crippen molar-refractivity contribution in [2.24, 2.45) is 10.8 Å². The predicted molar refractivity (Wildman–Crippen MR) is 84.1 cm³/mol. The lowest BCUT2D eigenvalue weighted by molar-refractivity contribution is -0.119. The molecule has 0 spiro atoms. The fourth-order valence-electron chi connectivity index (χ4n) is 1.83. The van der Waals surface area contributed by atoms with Gasteiger partial charge in [-0.3, -0.25) is 9.59 Å². The Hall–Kier alpha value is -3.09. The lowest BCUT2D eigenvalue weighted by atomic mass is 10.1. The minimum absolute atomic E-state index is 0.173. The number of hydrazone groups is 1. The summed E-state index contributed by atoms with van der Waals surface area (Å²) in [7, 11) is 0. The third-order valence-electron chi connectivity index (χ3n) is 2.94. The summed E-state index contributed by atoms with van der Waals surface area (Å²) in [4.78, 5) is 22.5. The van der Waals surface area contributed by atoms with Crippen LogP contribution >= 0.6 is 0 Å².